The second-order valence-electron chi connectivity index (χ2n) is 5.59. The van der Waals surface area contributed by atoms with Crippen LogP contribution in [0.5, 0.6) is 0 Å². The predicted octanol–water partition coefficient (Wildman–Crippen LogP) is 4.57. The number of fused-ring (bicyclic) bond motifs is 1. The van der Waals surface area contributed by atoms with E-state index in [1.54, 1.807) is 12.3 Å². The van der Waals surface area contributed by atoms with E-state index in [0.717, 1.165) is 22.0 Å². The van der Waals surface area contributed by atoms with Gasteiger partial charge in [0.05, 0.1) is 0 Å². The van der Waals surface area contributed by atoms with Gasteiger partial charge >= 0.3 is 0 Å². The summed E-state index contributed by atoms with van der Waals surface area (Å²) in [6.07, 6.45) is 3.31. The van der Waals surface area contributed by atoms with Crippen LogP contribution >= 0.6 is 0 Å². The first-order valence-electron chi connectivity index (χ1n) is 7.40. The fraction of sp³-hybridized carbons (Fsp3) is 0.100. The third kappa shape index (κ3) is 2.79. The number of nitriles is 1. The molecule has 3 heteroatoms. The molecule has 0 fully saturated rings. The minimum Gasteiger partial charge on any atom is -0.360 e. The maximum absolute atomic E-state index is 12.7. The zero-order valence-corrected chi connectivity index (χ0v) is 13.1. The molecule has 112 valence electrons. The molecule has 3 nitrogen and oxygen atoms in total. The van der Waals surface area contributed by atoms with Crippen molar-refractivity contribution in [1.29, 1.82) is 5.26 Å². The summed E-state index contributed by atoms with van der Waals surface area (Å²) in [5.41, 5.74) is 4.73. The van der Waals surface area contributed by atoms with E-state index in [4.69, 9.17) is 0 Å². The smallest absolute Gasteiger partial charge is 0.205 e. The highest BCUT2D eigenvalue weighted by molar-refractivity contribution is 6.19. The lowest BCUT2D eigenvalue weighted by Crippen LogP contribution is -2.01. The van der Waals surface area contributed by atoms with Crippen LogP contribution in [0.25, 0.3) is 17.0 Å². The van der Waals surface area contributed by atoms with Crippen LogP contribution in [0.15, 0.2) is 54.2 Å². The molecule has 3 rings (SSSR count). The second kappa shape index (κ2) is 5.94. The van der Waals surface area contributed by atoms with Gasteiger partial charge in [-0.25, -0.2) is 0 Å². The standard InChI is InChI=1S/C20H16N2O/c1-13-7-8-15(9-14(13)2)10-16(11-21)20(23)18-12-22-19-6-4-3-5-17(18)19/h3-10,12,22H,1-2H3/b16-10+. The van der Waals surface area contributed by atoms with Crippen molar-refractivity contribution in [2.45, 2.75) is 13.8 Å². The minimum absolute atomic E-state index is 0.137. The van der Waals surface area contributed by atoms with Crippen LogP contribution in [0.2, 0.25) is 0 Å². The molecule has 1 N–H and O–H groups in total. The summed E-state index contributed by atoms with van der Waals surface area (Å²) in [5.74, 6) is -0.261. The first kappa shape index (κ1) is 14.8. The number of carbonyl (C=O) groups excluding carboxylic acids is 1. The number of aromatic amines is 1. The summed E-state index contributed by atoms with van der Waals surface area (Å²) in [4.78, 5) is 15.8. The van der Waals surface area contributed by atoms with Gasteiger partial charge in [-0.1, -0.05) is 36.4 Å². The highest BCUT2D eigenvalue weighted by atomic mass is 16.1. The molecule has 0 radical (unpaired) electrons. The molecule has 1 aromatic heterocycles. The number of nitrogens with one attached hydrogen (secondary N) is 1. The van der Waals surface area contributed by atoms with E-state index < -0.39 is 0 Å². The van der Waals surface area contributed by atoms with E-state index in [-0.39, 0.29) is 11.4 Å². The fourth-order valence-electron chi connectivity index (χ4n) is 2.57. The topological polar surface area (TPSA) is 56.6 Å². The number of nitrogens with zero attached hydrogens (tertiary/aromatic N) is 1. The summed E-state index contributed by atoms with van der Waals surface area (Å²) in [6.45, 7) is 4.05. The number of carbonyl (C=O) groups is 1. The quantitative estimate of drug-likeness (QED) is 0.437. The first-order valence-corrected chi connectivity index (χ1v) is 7.40. The third-order valence-corrected chi connectivity index (χ3v) is 4.04. The molecule has 0 atom stereocenters. The van der Waals surface area contributed by atoms with E-state index in [1.807, 2.05) is 62.4 Å². The molecule has 0 saturated carbocycles. The summed E-state index contributed by atoms with van der Waals surface area (Å²) in [7, 11) is 0. The van der Waals surface area contributed by atoms with Crippen LogP contribution < -0.4 is 0 Å². The molecule has 1 heterocycles. The van der Waals surface area contributed by atoms with Crippen molar-refractivity contribution in [1.82, 2.24) is 4.98 Å². The zero-order chi connectivity index (χ0) is 16.4. The van der Waals surface area contributed by atoms with Crippen LogP contribution in [0.1, 0.15) is 27.0 Å². The van der Waals surface area contributed by atoms with Crippen LogP contribution in [-0.2, 0) is 0 Å². The van der Waals surface area contributed by atoms with Crippen molar-refractivity contribution >= 4 is 22.8 Å². The second-order valence-corrected chi connectivity index (χ2v) is 5.59. The van der Waals surface area contributed by atoms with E-state index in [9.17, 15) is 10.1 Å². The number of aromatic nitrogens is 1. The van der Waals surface area contributed by atoms with Crippen LogP contribution in [-0.4, -0.2) is 10.8 Å². The number of hydrogen-bond acceptors (Lipinski definition) is 2. The maximum atomic E-state index is 12.7. The molecular weight excluding hydrogens is 284 g/mol. The van der Waals surface area contributed by atoms with Crippen molar-refractivity contribution in [2.24, 2.45) is 0 Å². The Balaban J connectivity index is 2.03. The molecule has 2 aromatic carbocycles. The molecule has 23 heavy (non-hydrogen) atoms. The molecule has 0 spiro atoms. The Bertz CT molecular complexity index is 971. The molecule has 0 aliphatic rings. The van der Waals surface area contributed by atoms with E-state index in [1.165, 1.54) is 5.56 Å². The summed E-state index contributed by atoms with van der Waals surface area (Å²) >= 11 is 0. The number of H-pyrrole nitrogens is 1. The van der Waals surface area contributed by atoms with Crippen LogP contribution in [0.3, 0.4) is 0 Å². The largest absolute Gasteiger partial charge is 0.360 e. The lowest BCUT2D eigenvalue weighted by atomic mass is 10.00. The van der Waals surface area contributed by atoms with Crippen molar-refractivity contribution in [2.75, 3.05) is 0 Å². The Labute approximate surface area is 134 Å². The van der Waals surface area contributed by atoms with E-state index in [0.29, 0.717) is 5.56 Å². The van der Waals surface area contributed by atoms with Crippen molar-refractivity contribution in [3.8, 4) is 6.07 Å². The molecule has 0 unspecified atom stereocenters. The van der Waals surface area contributed by atoms with Gasteiger partial charge in [0.25, 0.3) is 0 Å². The van der Waals surface area contributed by atoms with Gasteiger partial charge in [0.1, 0.15) is 11.6 Å². The Hall–Kier alpha value is -3.12. The number of Topliss-reactive ketones (excluding diaryl/α,β-unsaturated/α-hetero) is 1. The van der Waals surface area contributed by atoms with Gasteiger partial charge in [-0.05, 0) is 42.7 Å². The molecule has 0 aliphatic heterocycles. The van der Waals surface area contributed by atoms with Crippen LogP contribution in [0, 0.1) is 25.2 Å². The highest BCUT2D eigenvalue weighted by Gasteiger charge is 2.16. The van der Waals surface area contributed by atoms with Gasteiger partial charge in [0.2, 0.25) is 5.78 Å². The van der Waals surface area contributed by atoms with Crippen molar-refractivity contribution in [3.05, 3.63) is 76.5 Å². The van der Waals surface area contributed by atoms with Crippen LogP contribution in [0.4, 0.5) is 0 Å². The number of benzene rings is 2. The molecular formula is C20H16N2O. The Kier molecular flexibility index (Phi) is 3.82. The highest BCUT2D eigenvalue weighted by Crippen LogP contribution is 2.22. The molecule has 0 bridgehead atoms. The van der Waals surface area contributed by atoms with Gasteiger partial charge in [-0.3, -0.25) is 4.79 Å². The van der Waals surface area contributed by atoms with Crippen molar-refractivity contribution in [3.63, 3.8) is 0 Å². The SMILES string of the molecule is Cc1ccc(/C=C(\C#N)C(=O)c2c[nH]c3ccccc23)cc1C. The summed E-state index contributed by atoms with van der Waals surface area (Å²) in [6, 6.07) is 15.5. The van der Waals surface area contributed by atoms with Gasteiger partial charge in [0.15, 0.2) is 0 Å². The number of aryl methyl sites for hydroxylation is 2. The third-order valence-electron chi connectivity index (χ3n) is 4.04. The number of rotatable bonds is 3. The predicted molar refractivity (Wildman–Crippen MR) is 92.1 cm³/mol. The van der Waals surface area contributed by atoms with Gasteiger partial charge in [-0.2, -0.15) is 5.26 Å². The van der Waals surface area contributed by atoms with Gasteiger partial charge < -0.3 is 4.98 Å². The first-order chi connectivity index (χ1) is 11.1. The summed E-state index contributed by atoms with van der Waals surface area (Å²) in [5, 5.41) is 10.2. The monoisotopic (exact) mass is 300 g/mol. The van der Waals surface area contributed by atoms with Crippen molar-refractivity contribution < 1.29 is 4.79 Å². The normalized spacial score (nSPS) is 11.4. The molecule has 0 amide bonds. The average Bonchev–Trinajstić information content (AvgIpc) is 2.99. The molecule has 3 aromatic rings. The lowest BCUT2D eigenvalue weighted by molar-refractivity contribution is 0.104. The Morgan fingerprint density at radius 2 is 1.91 bits per heavy atom. The Morgan fingerprint density at radius 3 is 2.65 bits per heavy atom. The summed E-state index contributed by atoms with van der Waals surface area (Å²) < 4.78 is 0. The number of ketones is 1. The molecule has 0 saturated heterocycles. The minimum atomic E-state index is -0.261. The number of hydrogen-bond donors (Lipinski definition) is 1. The molecule has 0 aliphatic carbocycles. The fourth-order valence-corrected chi connectivity index (χ4v) is 2.57. The van der Waals surface area contributed by atoms with E-state index >= 15 is 0 Å². The maximum Gasteiger partial charge on any atom is 0.205 e. The number of allylic oxidation sites excluding steroid dienone is 1. The lowest BCUT2D eigenvalue weighted by Gasteiger charge is -2.02. The Morgan fingerprint density at radius 1 is 1.13 bits per heavy atom. The van der Waals surface area contributed by atoms with E-state index in [2.05, 4.69) is 4.98 Å². The van der Waals surface area contributed by atoms with Gasteiger partial charge in [-0.15, -0.1) is 0 Å². The zero-order valence-electron chi connectivity index (χ0n) is 13.1. The number of para-hydroxylation sites is 1. The van der Waals surface area contributed by atoms with Gasteiger partial charge in [0, 0.05) is 22.7 Å². The average molecular weight is 300 g/mol.